The number of non-ortho nitro benzene ring substituents is 1. The van der Waals surface area contributed by atoms with Gasteiger partial charge in [-0.15, -0.1) is 0 Å². The Morgan fingerprint density at radius 2 is 1.50 bits per heavy atom. The minimum Gasteiger partial charge on any atom is -0.502 e. The zero-order chi connectivity index (χ0) is 26.6. The first-order valence-corrected chi connectivity index (χ1v) is 11.8. The Labute approximate surface area is 217 Å². The molecule has 8 heteroatoms. The predicted molar refractivity (Wildman–Crippen MR) is 143 cm³/mol. The zero-order valence-electron chi connectivity index (χ0n) is 20.4. The fourth-order valence-corrected chi connectivity index (χ4v) is 4.10. The summed E-state index contributed by atoms with van der Waals surface area (Å²) in [5.41, 5.74) is 1.25. The molecule has 0 saturated carbocycles. The quantitative estimate of drug-likeness (QED) is 0.187. The molecule has 0 unspecified atom stereocenters. The van der Waals surface area contributed by atoms with Gasteiger partial charge in [0.25, 0.3) is 0 Å². The van der Waals surface area contributed by atoms with Gasteiger partial charge in [-0.25, -0.2) is 0 Å². The maximum atomic E-state index is 13.1. The normalized spacial score (nSPS) is 10.9. The van der Waals surface area contributed by atoms with Crippen molar-refractivity contribution in [1.82, 2.24) is 0 Å². The lowest BCUT2D eigenvalue weighted by Gasteiger charge is -2.15. The molecule has 190 valence electrons. The van der Waals surface area contributed by atoms with E-state index in [1.165, 1.54) is 12.1 Å². The Morgan fingerprint density at radius 3 is 2.13 bits per heavy atom. The second kappa shape index (κ2) is 10.5. The van der Waals surface area contributed by atoms with Crippen molar-refractivity contribution in [3.8, 4) is 28.6 Å². The van der Waals surface area contributed by atoms with Gasteiger partial charge in [-0.2, -0.15) is 0 Å². The summed E-state index contributed by atoms with van der Waals surface area (Å²) in [5.74, 6) is -0.135. The smallest absolute Gasteiger partial charge is 0.312 e. The zero-order valence-corrected chi connectivity index (χ0v) is 20.4. The Hall–Kier alpha value is -5.11. The van der Waals surface area contributed by atoms with E-state index in [1.807, 2.05) is 60.7 Å². The van der Waals surface area contributed by atoms with Crippen LogP contribution in [-0.4, -0.2) is 10.0 Å². The van der Waals surface area contributed by atoms with Crippen LogP contribution >= 0.6 is 0 Å². The van der Waals surface area contributed by atoms with E-state index in [-0.39, 0.29) is 40.3 Å². The fraction of sp³-hybridized carbons (Fsp3) is 0.100. The molecule has 0 amide bonds. The lowest BCUT2D eigenvalue weighted by Crippen LogP contribution is -2.06. The number of rotatable bonds is 8. The van der Waals surface area contributed by atoms with Gasteiger partial charge in [0.2, 0.25) is 16.8 Å². The minimum atomic E-state index is -0.772. The van der Waals surface area contributed by atoms with E-state index in [0.29, 0.717) is 17.9 Å². The van der Waals surface area contributed by atoms with E-state index in [4.69, 9.17) is 13.9 Å². The number of hydrogen-bond acceptors (Lipinski definition) is 7. The van der Waals surface area contributed by atoms with Crippen molar-refractivity contribution in [2.75, 3.05) is 0 Å². The number of nitrogens with zero attached hydrogens (tertiary/aromatic N) is 1. The van der Waals surface area contributed by atoms with Gasteiger partial charge in [-0.3, -0.25) is 14.9 Å². The number of nitro benzene ring substituents is 1. The van der Waals surface area contributed by atoms with Gasteiger partial charge in [0.05, 0.1) is 15.9 Å². The molecule has 0 bridgehead atoms. The molecule has 0 aliphatic carbocycles. The molecule has 0 radical (unpaired) electrons. The van der Waals surface area contributed by atoms with Crippen LogP contribution in [0.25, 0.3) is 22.3 Å². The van der Waals surface area contributed by atoms with Crippen LogP contribution in [0.15, 0.2) is 100 Å². The molecule has 0 aliphatic heterocycles. The molecule has 1 aromatic heterocycles. The Balaban J connectivity index is 1.60. The molecule has 8 nitrogen and oxygen atoms in total. The van der Waals surface area contributed by atoms with Gasteiger partial charge >= 0.3 is 5.69 Å². The van der Waals surface area contributed by atoms with Gasteiger partial charge in [-0.1, -0.05) is 60.7 Å². The lowest BCUT2D eigenvalue weighted by molar-refractivity contribution is -0.383. The first-order chi connectivity index (χ1) is 18.4. The molecule has 4 aromatic carbocycles. The summed E-state index contributed by atoms with van der Waals surface area (Å²) in [6.45, 7) is 2.13. The monoisotopic (exact) mass is 509 g/mol. The van der Waals surface area contributed by atoms with Crippen molar-refractivity contribution in [3.05, 3.63) is 128 Å². The topological polar surface area (TPSA) is 112 Å². The molecule has 0 spiro atoms. The van der Waals surface area contributed by atoms with Crippen LogP contribution in [0.5, 0.6) is 17.2 Å². The highest BCUT2D eigenvalue weighted by atomic mass is 16.6. The van der Waals surface area contributed by atoms with Gasteiger partial charge in [0, 0.05) is 12.1 Å². The van der Waals surface area contributed by atoms with Crippen LogP contribution < -0.4 is 14.9 Å². The van der Waals surface area contributed by atoms with E-state index in [1.54, 1.807) is 25.1 Å². The molecule has 0 saturated heterocycles. The average molecular weight is 510 g/mol. The first kappa shape index (κ1) is 24.6. The van der Waals surface area contributed by atoms with Gasteiger partial charge in [0.1, 0.15) is 24.7 Å². The summed E-state index contributed by atoms with van der Waals surface area (Å²) in [4.78, 5) is 24.2. The molecule has 0 atom stereocenters. The van der Waals surface area contributed by atoms with Crippen LogP contribution in [0.1, 0.15) is 16.7 Å². The molecular weight excluding hydrogens is 486 g/mol. The molecule has 38 heavy (non-hydrogen) atoms. The summed E-state index contributed by atoms with van der Waals surface area (Å²) < 4.78 is 17.9. The third-order valence-corrected chi connectivity index (χ3v) is 5.97. The largest absolute Gasteiger partial charge is 0.502 e. The van der Waals surface area contributed by atoms with E-state index in [2.05, 4.69) is 0 Å². The Morgan fingerprint density at radius 1 is 0.868 bits per heavy atom. The third-order valence-electron chi connectivity index (χ3n) is 5.97. The summed E-state index contributed by atoms with van der Waals surface area (Å²) in [6, 6.07) is 26.7. The second-order valence-electron chi connectivity index (χ2n) is 8.73. The maximum absolute atomic E-state index is 13.1. The Bertz CT molecular complexity index is 1680. The Kier molecular flexibility index (Phi) is 6.78. The van der Waals surface area contributed by atoms with Gasteiger partial charge < -0.3 is 19.0 Å². The van der Waals surface area contributed by atoms with Gasteiger partial charge in [-0.05, 0) is 41.8 Å². The van der Waals surface area contributed by atoms with Crippen LogP contribution in [-0.2, 0) is 13.2 Å². The SMILES string of the molecule is Cc1cc([N+](=O)[O-])c2oc(-c3ccc(OCc4ccccc4)cc3OCc3ccccc3)c(O)c(=O)c2c1. The van der Waals surface area contributed by atoms with Crippen LogP contribution in [0.4, 0.5) is 5.69 Å². The van der Waals surface area contributed by atoms with E-state index in [9.17, 15) is 20.0 Å². The van der Waals surface area contributed by atoms with Crippen LogP contribution in [0.3, 0.4) is 0 Å². The standard InChI is InChI=1S/C30H23NO7/c1-19-14-24-27(32)28(33)30(38-29(24)25(15-19)31(34)35)23-13-12-22(36-17-20-8-4-2-5-9-20)16-26(23)37-18-21-10-6-3-7-11-21/h2-16,33H,17-18H2,1H3. The third kappa shape index (κ3) is 5.05. The molecule has 5 aromatic rings. The second-order valence-corrected chi connectivity index (χ2v) is 8.73. The lowest BCUT2D eigenvalue weighted by atomic mass is 10.1. The molecular formula is C30H23NO7. The maximum Gasteiger partial charge on any atom is 0.312 e. The molecule has 0 fully saturated rings. The van der Waals surface area contributed by atoms with E-state index < -0.39 is 16.1 Å². The van der Waals surface area contributed by atoms with Crippen molar-refractivity contribution in [3.63, 3.8) is 0 Å². The summed E-state index contributed by atoms with van der Waals surface area (Å²) >= 11 is 0. The number of ether oxygens (including phenoxy) is 2. The number of hydrogen-bond donors (Lipinski definition) is 1. The predicted octanol–water partition coefficient (Wildman–Crippen LogP) is 6.54. The summed E-state index contributed by atoms with van der Waals surface area (Å²) in [7, 11) is 0. The highest BCUT2D eigenvalue weighted by molar-refractivity contribution is 5.89. The summed E-state index contributed by atoms with van der Waals surface area (Å²) in [5, 5.41) is 22.5. The fourth-order valence-electron chi connectivity index (χ4n) is 4.10. The molecule has 5 rings (SSSR count). The average Bonchev–Trinajstić information content (AvgIpc) is 2.94. The van der Waals surface area contributed by atoms with Crippen molar-refractivity contribution in [2.45, 2.75) is 20.1 Å². The number of aromatic hydroxyl groups is 1. The van der Waals surface area contributed by atoms with Crippen molar-refractivity contribution >= 4 is 16.7 Å². The van der Waals surface area contributed by atoms with Crippen LogP contribution in [0, 0.1) is 17.0 Å². The van der Waals surface area contributed by atoms with Gasteiger partial charge in [0.15, 0.2) is 5.76 Å². The van der Waals surface area contributed by atoms with Crippen LogP contribution in [0.2, 0.25) is 0 Å². The number of benzene rings is 4. The number of fused-ring (bicyclic) bond motifs is 1. The van der Waals surface area contributed by atoms with E-state index in [0.717, 1.165) is 11.1 Å². The molecule has 1 N–H and O–H groups in total. The minimum absolute atomic E-state index is 0.0764. The molecule has 1 heterocycles. The highest BCUT2D eigenvalue weighted by Crippen LogP contribution is 2.40. The van der Waals surface area contributed by atoms with Crippen molar-refractivity contribution in [1.29, 1.82) is 0 Å². The summed E-state index contributed by atoms with van der Waals surface area (Å²) in [6.07, 6.45) is 0. The molecule has 0 aliphatic rings. The first-order valence-electron chi connectivity index (χ1n) is 11.8. The van der Waals surface area contributed by atoms with Crippen molar-refractivity contribution in [2.24, 2.45) is 0 Å². The number of nitro groups is 1. The number of aryl methyl sites for hydroxylation is 1. The highest BCUT2D eigenvalue weighted by Gasteiger charge is 2.25. The van der Waals surface area contributed by atoms with E-state index >= 15 is 0 Å². The van der Waals surface area contributed by atoms with Crippen molar-refractivity contribution < 1.29 is 23.9 Å².